The van der Waals surface area contributed by atoms with Gasteiger partial charge in [-0.3, -0.25) is 4.79 Å². The van der Waals surface area contributed by atoms with Crippen molar-refractivity contribution in [3.8, 4) is 0 Å². The summed E-state index contributed by atoms with van der Waals surface area (Å²) in [5.74, 6) is 0. The van der Waals surface area contributed by atoms with Gasteiger partial charge in [-0.05, 0) is 0 Å². The van der Waals surface area contributed by atoms with Gasteiger partial charge < -0.3 is 9.38 Å². The second-order valence-corrected chi connectivity index (χ2v) is 4.54. The van der Waals surface area contributed by atoms with Gasteiger partial charge in [0.25, 0.3) is 0 Å². The van der Waals surface area contributed by atoms with Crippen molar-refractivity contribution in [3.05, 3.63) is 40.4 Å². The maximum Gasteiger partial charge on any atom is 0.183 e. The van der Waals surface area contributed by atoms with Crippen LogP contribution in [0.4, 0.5) is 0 Å². The molecule has 0 aliphatic rings. The van der Waals surface area contributed by atoms with Crippen LogP contribution in [0.25, 0.3) is 5.65 Å². The van der Waals surface area contributed by atoms with Crippen molar-refractivity contribution >= 4 is 5.65 Å². The molecule has 1 N–H and O–H groups in total. The predicted molar refractivity (Wildman–Crippen MR) is 56.7 cm³/mol. The van der Waals surface area contributed by atoms with E-state index >= 15 is 0 Å². The molecule has 0 amide bonds. The normalized spacial score (nSPS) is 12.2. The first-order valence-electron chi connectivity index (χ1n) is 4.69. The molecule has 3 heteroatoms. The zero-order valence-electron chi connectivity index (χ0n) is 8.66. The highest BCUT2D eigenvalue weighted by molar-refractivity contribution is 5.41. The summed E-state index contributed by atoms with van der Waals surface area (Å²) in [5, 5.41) is 0. The van der Waals surface area contributed by atoms with Crippen LogP contribution in [0.2, 0.25) is 0 Å². The summed E-state index contributed by atoms with van der Waals surface area (Å²) in [4.78, 5) is 14.2. The maximum absolute atomic E-state index is 11.1. The average Bonchev–Trinajstić information content (AvgIpc) is 2.45. The van der Waals surface area contributed by atoms with Gasteiger partial charge in [0.15, 0.2) is 5.43 Å². The zero-order valence-corrected chi connectivity index (χ0v) is 8.66. The molecule has 0 aliphatic carbocycles. The summed E-state index contributed by atoms with van der Waals surface area (Å²) < 4.78 is 2.02. The molecule has 2 aromatic rings. The topological polar surface area (TPSA) is 37.3 Å². The van der Waals surface area contributed by atoms with E-state index in [1.807, 2.05) is 16.8 Å². The molecule has 0 saturated heterocycles. The number of aromatic nitrogens is 2. The standard InChI is InChI=1S/C11H14N2O/c1-11(2,3)9-7-12-10-6-8(14)4-5-13(9)10/h4-7,12H,1-3H3. The molecule has 0 unspecified atom stereocenters. The third kappa shape index (κ3) is 1.35. The van der Waals surface area contributed by atoms with Crippen LogP contribution >= 0.6 is 0 Å². The largest absolute Gasteiger partial charge is 0.346 e. The Morgan fingerprint density at radius 2 is 2.07 bits per heavy atom. The molecule has 2 aromatic heterocycles. The van der Waals surface area contributed by atoms with Gasteiger partial charge >= 0.3 is 0 Å². The van der Waals surface area contributed by atoms with Gasteiger partial charge in [0.05, 0.1) is 0 Å². The number of imidazole rings is 1. The Morgan fingerprint density at radius 1 is 1.36 bits per heavy atom. The van der Waals surface area contributed by atoms with Gasteiger partial charge in [-0.1, -0.05) is 20.8 Å². The van der Waals surface area contributed by atoms with Crippen molar-refractivity contribution in [2.45, 2.75) is 26.2 Å². The SMILES string of the molecule is CC(C)(C)c1c[nH]c2cc(=O)ccn12. The van der Waals surface area contributed by atoms with Gasteiger partial charge in [-0.15, -0.1) is 0 Å². The zero-order chi connectivity index (χ0) is 10.3. The van der Waals surface area contributed by atoms with Crippen LogP contribution < -0.4 is 5.43 Å². The summed E-state index contributed by atoms with van der Waals surface area (Å²) in [6.07, 6.45) is 3.77. The molecule has 0 bridgehead atoms. The second kappa shape index (κ2) is 2.74. The van der Waals surface area contributed by atoms with E-state index in [4.69, 9.17) is 0 Å². The molecule has 2 heterocycles. The van der Waals surface area contributed by atoms with Crippen molar-refractivity contribution in [1.82, 2.24) is 9.38 Å². The molecule has 0 atom stereocenters. The number of nitrogens with zero attached hydrogens (tertiary/aromatic N) is 1. The van der Waals surface area contributed by atoms with Crippen LogP contribution in [0.1, 0.15) is 26.5 Å². The molecule has 74 valence electrons. The van der Waals surface area contributed by atoms with Crippen LogP contribution in [0.3, 0.4) is 0 Å². The lowest BCUT2D eigenvalue weighted by Gasteiger charge is -2.17. The second-order valence-electron chi connectivity index (χ2n) is 4.54. The van der Waals surface area contributed by atoms with E-state index in [-0.39, 0.29) is 10.8 Å². The van der Waals surface area contributed by atoms with Crippen LogP contribution in [0.5, 0.6) is 0 Å². The summed E-state index contributed by atoms with van der Waals surface area (Å²) in [6, 6.07) is 3.19. The quantitative estimate of drug-likeness (QED) is 0.677. The van der Waals surface area contributed by atoms with Crippen molar-refractivity contribution in [3.63, 3.8) is 0 Å². The molecule has 0 spiro atoms. The minimum Gasteiger partial charge on any atom is -0.346 e. The first-order valence-corrected chi connectivity index (χ1v) is 4.69. The summed E-state index contributed by atoms with van der Waals surface area (Å²) in [5.41, 5.74) is 2.13. The molecular weight excluding hydrogens is 176 g/mol. The van der Waals surface area contributed by atoms with E-state index in [0.29, 0.717) is 0 Å². The highest BCUT2D eigenvalue weighted by atomic mass is 16.1. The Kier molecular flexibility index (Phi) is 1.77. The van der Waals surface area contributed by atoms with Crippen molar-refractivity contribution in [1.29, 1.82) is 0 Å². The highest BCUT2D eigenvalue weighted by Gasteiger charge is 2.17. The highest BCUT2D eigenvalue weighted by Crippen LogP contribution is 2.22. The van der Waals surface area contributed by atoms with Crippen LogP contribution in [-0.2, 0) is 5.41 Å². The third-order valence-electron chi connectivity index (χ3n) is 2.31. The van der Waals surface area contributed by atoms with Gasteiger partial charge in [0.1, 0.15) is 5.65 Å². The molecule has 3 nitrogen and oxygen atoms in total. The van der Waals surface area contributed by atoms with E-state index in [0.717, 1.165) is 5.65 Å². The van der Waals surface area contributed by atoms with Crippen LogP contribution in [0, 0.1) is 0 Å². The van der Waals surface area contributed by atoms with Crippen molar-refractivity contribution in [2.24, 2.45) is 0 Å². The van der Waals surface area contributed by atoms with E-state index in [1.165, 1.54) is 5.69 Å². The monoisotopic (exact) mass is 190 g/mol. The molecular formula is C11H14N2O. The Labute approximate surface area is 82.4 Å². The lowest BCUT2D eigenvalue weighted by molar-refractivity contribution is 0.563. The van der Waals surface area contributed by atoms with E-state index in [1.54, 1.807) is 12.1 Å². The minimum absolute atomic E-state index is 0.0345. The summed E-state index contributed by atoms with van der Waals surface area (Å²) in [6.45, 7) is 6.44. The Balaban J connectivity index is 2.76. The number of pyridine rings is 1. The molecule has 2 rings (SSSR count). The molecule has 14 heavy (non-hydrogen) atoms. The van der Waals surface area contributed by atoms with E-state index < -0.39 is 0 Å². The molecule has 0 radical (unpaired) electrons. The van der Waals surface area contributed by atoms with Gasteiger partial charge in [0.2, 0.25) is 0 Å². The number of hydrogen-bond donors (Lipinski definition) is 1. The number of fused-ring (bicyclic) bond motifs is 1. The molecule has 0 saturated carbocycles. The number of rotatable bonds is 0. The van der Waals surface area contributed by atoms with Gasteiger partial charge in [0, 0.05) is 35.6 Å². The lowest BCUT2D eigenvalue weighted by Crippen LogP contribution is -2.14. The molecule has 0 fully saturated rings. The Morgan fingerprint density at radius 3 is 2.71 bits per heavy atom. The Hall–Kier alpha value is -1.51. The first-order chi connectivity index (χ1) is 6.48. The molecule has 0 aromatic carbocycles. The average molecular weight is 190 g/mol. The third-order valence-corrected chi connectivity index (χ3v) is 2.31. The van der Waals surface area contributed by atoms with Crippen LogP contribution in [0.15, 0.2) is 29.3 Å². The fourth-order valence-electron chi connectivity index (χ4n) is 1.59. The van der Waals surface area contributed by atoms with Crippen molar-refractivity contribution < 1.29 is 0 Å². The van der Waals surface area contributed by atoms with Gasteiger partial charge in [-0.25, -0.2) is 0 Å². The maximum atomic E-state index is 11.1. The smallest absolute Gasteiger partial charge is 0.183 e. The summed E-state index contributed by atoms with van der Waals surface area (Å²) in [7, 11) is 0. The number of hydrogen-bond acceptors (Lipinski definition) is 1. The minimum atomic E-state index is 0.0345. The number of aromatic amines is 1. The Bertz CT molecular complexity index is 514. The van der Waals surface area contributed by atoms with Crippen LogP contribution in [-0.4, -0.2) is 9.38 Å². The number of nitrogens with one attached hydrogen (secondary N) is 1. The van der Waals surface area contributed by atoms with E-state index in [9.17, 15) is 4.79 Å². The lowest BCUT2D eigenvalue weighted by atomic mass is 9.93. The fourth-order valence-corrected chi connectivity index (χ4v) is 1.59. The predicted octanol–water partition coefficient (Wildman–Crippen LogP) is 1.93. The summed E-state index contributed by atoms with van der Waals surface area (Å²) >= 11 is 0. The first kappa shape index (κ1) is 9.06. The van der Waals surface area contributed by atoms with Crippen molar-refractivity contribution in [2.75, 3.05) is 0 Å². The van der Waals surface area contributed by atoms with Gasteiger partial charge in [-0.2, -0.15) is 0 Å². The number of H-pyrrole nitrogens is 1. The molecule has 0 aliphatic heterocycles. The van der Waals surface area contributed by atoms with E-state index in [2.05, 4.69) is 25.8 Å². The fraction of sp³-hybridized carbons (Fsp3) is 0.364.